The molecule has 0 radical (unpaired) electrons. The normalized spacial score (nSPS) is 14.1. The second-order valence-corrected chi connectivity index (χ2v) is 14.8. The second-order valence-electron chi connectivity index (χ2n) is 14.8. The Kier molecular flexibility index (Phi) is 6.36. The first-order valence-corrected chi connectivity index (χ1v) is 18.3. The number of hydrogen-bond donors (Lipinski definition) is 0. The van der Waals surface area contributed by atoms with E-state index in [2.05, 4.69) is 180 Å². The first kappa shape index (κ1) is 30.1. The molecule has 0 saturated carbocycles. The van der Waals surface area contributed by atoms with Gasteiger partial charge in [-0.1, -0.05) is 105 Å². The van der Waals surface area contributed by atoms with E-state index in [9.17, 15) is 0 Å². The molecule has 7 aromatic carbocycles. The van der Waals surface area contributed by atoms with Gasteiger partial charge in [-0.25, -0.2) is 0 Å². The molecule has 8 aromatic rings. The van der Waals surface area contributed by atoms with Crippen LogP contribution >= 0.6 is 0 Å². The molecule has 0 saturated heterocycles. The molecule has 0 atom stereocenters. The van der Waals surface area contributed by atoms with Crippen molar-refractivity contribution in [3.63, 3.8) is 0 Å². The summed E-state index contributed by atoms with van der Waals surface area (Å²) in [6.07, 6.45) is 3.77. The van der Waals surface area contributed by atoms with Crippen molar-refractivity contribution in [2.24, 2.45) is 0 Å². The fourth-order valence-electron chi connectivity index (χ4n) is 9.24. The summed E-state index contributed by atoms with van der Waals surface area (Å²) in [5, 5.41) is 2.49. The van der Waals surface area contributed by atoms with Crippen LogP contribution in [0.2, 0.25) is 0 Å². The van der Waals surface area contributed by atoms with E-state index < -0.39 is 0 Å². The summed E-state index contributed by atoms with van der Waals surface area (Å²) in [4.78, 5) is 9.22. The average molecular weight is 680 g/mol. The van der Waals surface area contributed by atoms with E-state index in [0.29, 0.717) is 0 Å². The molecule has 1 aliphatic carbocycles. The summed E-state index contributed by atoms with van der Waals surface area (Å²) in [5.74, 6) is 1.84. The number of pyridine rings is 1. The summed E-state index contributed by atoms with van der Waals surface area (Å²) in [7, 11) is 0. The van der Waals surface area contributed by atoms with Crippen molar-refractivity contribution in [3.8, 4) is 22.6 Å². The van der Waals surface area contributed by atoms with Crippen molar-refractivity contribution in [1.82, 2.24) is 4.98 Å². The SMILES string of the molecule is CC1(C)c2cc3c(cc2-c2ccc(N(c4ccccc4)c4cccnc4)c4cccc1c24)Oc1cccc2c1B3c1ccccc1N2c1ccccc1. The first-order valence-electron chi connectivity index (χ1n) is 18.3. The minimum absolute atomic E-state index is 0.0423. The van der Waals surface area contributed by atoms with Crippen LogP contribution in [-0.4, -0.2) is 11.7 Å². The Morgan fingerprint density at radius 1 is 0.604 bits per heavy atom. The van der Waals surface area contributed by atoms with Crippen molar-refractivity contribution in [1.29, 1.82) is 0 Å². The number of hydrogen-bond acceptors (Lipinski definition) is 4. The van der Waals surface area contributed by atoms with Crippen LogP contribution in [-0.2, 0) is 5.41 Å². The molecule has 0 bridgehead atoms. The third-order valence-electron chi connectivity index (χ3n) is 11.6. The Morgan fingerprint density at radius 3 is 2.19 bits per heavy atom. The van der Waals surface area contributed by atoms with E-state index >= 15 is 0 Å². The van der Waals surface area contributed by atoms with Crippen molar-refractivity contribution in [2.45, 2.75) is 19.3 Å². The van der Waals surface area contributed by atoms with Gasteiger partial charge in [0.25, 0.3) is 6.71 Å². The molecule has 11 rings (SSSR count). The van der Waals surface area contributed by atoms with E-state index in [4.69, 9.17) is 4.74 Å². The second kappa shape index (κ2) is 11.2. The highest BCUT2D eigenvalue weighted by atomic mass is 16.5. The van der Waals surface area contributed by atoms with Gasteiger partial charge in [0.15, 0.2) is 0 Å². The van der Waals surface area contributed by atoms with Gasteiger partial charge in [0.1, 0.15) is 11.5 Å². The average Bonchev–Trinajstić information content (AvgIpc) is 3.21. The van der Waals surface area contributed by atoms with E-state index in [1.165, 1.54) is 60.8 Å². The largest absolute Gasteiger partial charge is 0.458 e. The number of para-hydroxylation sites is 3. The monoisotopic (exact) mass is 679 g/mol. The molecule has 1 aromatic heterocycles. The number of aromatic nitrogens is 1. The predicted molar refractivity (Wildman–Crippen MR) is 220 cm³/mol. The Labute approximate surface area is 309 Å². The molecular weight excluding hydrogens is 645 g/mol. The lowest BCUT2D eigenvalue weighted by atomic mass is 9.34. The van der Waals surface area contributed by atoms with Crippen LogP contribution in [0.15, 0.2) is 170 Å². The van der Waals surface area contributed by atoms with Crippen LogP contribution in [0.5, 0.6) is 11.5 Å². The highest BCUT2D eigenvalue weighted by molar-refractivity contribution is 6.99. The number of nitrogens with zero attached hydrogens (tertiary/aromatic N) is 3. The third kappa shape index (κ3) is 4.28. The summed E-state index contributed by atoms with van der Waals surface area (Å²) in [5.41, 5.74) is 15.3. The fraction of sp³-hybridized carbons (Fsp3) is 0.0625. The zero-order valence-corrected chi connectivity index (χ0v) is 29.5. The number of fused-ring (bicyclic) bond motifs is 6. The van der Waals surface area contributed by atoms with Crippen molar-refractivity contribution in [2.75, 3.05) is 9.80 Å². The summed E-state index contributed by atoms with van der Waals surface area (Å²) in [6.45, 7) is 4.81. The zero-order chi connectivity index (χ0) is 35.3. The van der Waals surface area contributed by atoms with Gasteiger partial charge in [-0.05, 0) is 111 Å². The molecule has 4 nitrogen and oxygen atoms in total. The topological polar surface area (TPSA) is 28.6 Å². The smallest absolute Gasteiger partial charge is 0.256 e. The molecule has 0 spiro atoms. The van der Waals surface area contributed by atoms with Crippen LogP contribution in [0.4, 0.5) is 34.1 Å². The molecule has 250 valence electrons. The van der Waals surface area contributed by atoms with Gasteiger partial charge >= 0.3 is 0 Å². The fourth-order valence-corrected chi connectivity index (χ4v) is 9.24. The van der Waals surface area contributed by atoms with E-state index in [-0.39, 0.29) is 12.1 Å². The van der Waals surface area contributed by atoms with Gasteiger partial charge < -0.3 is 14.5 Å². The van der Waals surface area contributed by atoms with Gasteiger partial charge in [-0.15, -0.1) is 0 Å². The van der Waals surface area contributed by atoms with Crippen LogP contribution < -0.4 is 30.9 Å². The maximum atomic E-state index is 6.98. The molecule has 3 aliphatic rings. The number of ether oxygens (including phenoxy) is 1. The Morgan fingerprint density at radius 2 is 1.36 bits per heavy atom. The molecule has 0 N–H and O–H groups in total. The molecular formula is C48H34BN3O. The highest BCUT2D eigenvalue weighted by Crippen LogP contribution is 2.53. The zero-order valence-electron chi connectivity index (χ0n) is 29.5. The molecule has 53 heavy (non-hydrogen) atoms. The number of anilines is 6. The Hall–Kier alpha value is -6.59. The summed E-state index contributed by atoms with van der Waals surface area (Å²) in [6, 6.07) is 57.0. The van der Waals surface area contributed by atoms with E-state index in [0.717, 1.165) is 34.2 Å². The minimum atomic E-state index is -0.272. The minimum Gasteiger partial charge on any atom is -0.458 e. The molecule has 5 heteroatoms. The summed E-state index contributed by atoms with van der Waals surface area (Å²) < 4.78 is 6.98. The van der Waals surface area contributed by atoms with Crippen molar-refractivity contribution >= 4 is 68.0 Å². The molecule has 0 fully saturated rings. The van der Waals surface area contributed by atoms with Crippen LogP contribution in [0.1, 0.15) is 25.0 Å². The number of benzene rings is 7. The quantitative estimate of drug-likeness (QED) is 0.173. The lowest BCUT2D eigenvalue weighted by Gasteiger charge is -2.41. The molecule has 0 unspecified atom stereocenters. The van der Waals surface area contributed by atoms with Crippen LogP contribution in [0.3, 0.4) is 0 Å². The highest BCUT2D eigenvalue weighted by Gasteiger charge is 2.44. The Bertz CT molecular complexity index is 2710. The van der Waals surface area contributed by atoms with E-state index in [1.54, 1.807) is 0 Å². The maximum Gasteiger partial charge on any atom is 0.256 e. The predicted octanol–water partition coefficient (Wildman–Crippen LogP) is 10.4. The van der Waals surface area contributed by atoms with Crippen molar-refractivity contribution in [3.05, 3.63) is 181 Å². The lowest BCUT2D eigenvalue weighted by Crippen LogP contribution is -2.59. The van der Waals surface area contributed by atoms with Crippen LogP contribution in [0.25, 0.3) is 21.9 Å². The van der Waals surface area contributed by atoms with Gasteiger partial charge in [0.05, 0.1) is 17.6 Å². The Balaban J connectivity index is 1.13. The first-order chi connectivity index (χ1) is 26.1. The van der Waals surface area contributed by atoms with Gasteiger partial charge in [-0.2, -0.15) is 0 Å². The van der Waals surface area contributed by atoms with Gasteiger partial charge in [-0.3, -0.25) is 4.98 Å². The van der Waals surface area contributed by atoms with E-state index in [1.807, 2.05) is 18.5 Å². The van der Waals surface area contributed by atoms with Crippen LogP contribution in [0, 0.1) is 0 Å². The lowest BCUT2D eigenvalue weighted by molar-refractivity contribution is 0.487. The van der Waals surface area contributed by atoms with Crippen molar-refractivity contribution < 1.29 is 4.74 Å². The molecule has 3 heterocycles. The van der Waals surface area contributed by atoms with Gasteiger partial charge in [0, 0.05) is 39.7 Å². The standard InChI is InChI=1S/C48H34BN3O/c1-48(2)37-20-11-19-35-41(51(31-14-5-3-6-15-31)33-18-13-27-50-30-33)26-25-34(46(35)37)36-28-45-40(29-38(36)48)49-39-21-9-10-22-42(39)52(32-16-7-4-8-17-32)43-23-12-24-44(53-45)47(43)49/h3-30H,1-2H3. The molecule has 0 amide bonds. The maximum absolute atomic E-state index is 6.98. The van der Waals surface area contributed by atoms with Gasteiger partial charge in [0.2, 0.25) is 0 Å². The molecule has 2 aliphatic heterocycles. The summed E-state index contributed by atoms with van der Waals surface area (Å²) >= 11 is 0. The third-order valence-corrected chi connectivity index (χ3v) is 11.6. The number of rotatable bonds is 4.